The quantitative estimate of drug-likeness (QED) is 0.592. The van der Waals surface area contributed by atoms with E-state index in [0.717, 1.165) is 23.8 Å². The highest BCUT2D eigenvalue weighted by Crippen LogP contribution is 2.41. The molecule has 0 fully saturated rings. The van der Waals surface area contributed by atoms with Crippen molar-refractivity contribution >= 4 is 16.8 Å². The minimum absolute atomic E-state index is 0.180. The number of carbonyl (C=O) groups is 1. The minimum Gasteiger partial charge on any atom is -0.496 e. The first kappa shape index (κ1) is 18.6. The topological polar surface area (TPSA) is 90.4 Å². The van der Waals surface area contributed by atoms with Gasteiger partial charge in [-0.3, -0.25) is 9.48 Å². The SMILES string of the molecule is COc1cc(OC)c2cc(C(=O)NCCCc3cnn(C)c3)[nH]c2c1OC. The smallest absolute Gasteiger partial charge is 0.267 e. The summed E-state index contributed by atoms with van der Waals surface area (Å²) in [5.41, 5.74) is 2.25. The third-order valence-corrected chi connectivity index (χ3v) is 4.37. The van der Waals surface area contributed by atoms with Crippen LogP contribution in [0.3, 0.4) is 0 Å². The summed E-state index contributed by atoms with van der Waals surface area (Å²) in [4.78, 5) is 15.6. The fraction of sp³-hybridized carbons (Fsp3) is 0.368. The third-order valence-electron chi connectivity index (χ3n) is 4.37. The van der Waals surface area contributed by atoms with E-state index in [2.05, 4.69) is 15.4 Å². The molecule has 0 bridgehead atoms. The summed E-state index contributed by atoms with van der Waals surface area (Å²) in [6, 6.07) is 3.50. The van der Waals surface area contributed by atoms with E-state index in [1.807, 2.05) is 19.4 Å². The van der Waals surface area contributed by atoms with Crippen LogP contribution in [0.15, 0.2) is 24.5 Å². The molecular formula is C19H24N4O4. The predicted octanol–water partition coefficient (Wildman–Crippen LogP) is 2.29. The van der Waals surface area contributed by atoms with Gasteiger partial charge < -0.3 is 24.5 Å². The van der Waals surface area contributed by atoms with Crippen LogP contribution < -0.4 is 19.5 Å². The molecule has 0 saturated heterocycles. The first-order chi connectivity index (χ1) is 13.1. The van der Waals surface area contributed by atoms with E-state index in [9.17, 15) is 4.79 Å². The molecule has 3 aromatic rings. The largest absolute Gasteiger partial charge is 0.496 e. The predicted molar refractivity (Wildman–Crippen MR) is 102 cm³/mol. The number of carbonyl (C=O) groups excluding carboxylic acids is 1. The van der Waals surface area contributed by atoms with E-state index in [1.54, 1.807) is 38.1 Å². The number of amides is 1. The van der Waals surface area contributed by atoms with Crippen molar-refractivity contribution in [3.05, 3.63) is 35.8 Å². The number of aryl methyl sites for hydroxylation is 2. The summed E-state index contributed by atoms with van der Waals surface area (Å²) in [6.45, 7) is 0.570. The van der Waals surface area contributed by atoms with Crippen LogP contribution in [0.1, 0.15) is 22.5 Å². The minimum atomic E-state index is -0.180. The number of ether oxygens (including phenoxy) is 3. The molecule has 1 aromatic carbocycles. The van der Waals surface area contributed by atoms with Crippen molar-refractivity contribution < 1.29 is 19.0 Å². The van der Waals surface area contributed by atoms with Crippen molar-refractivity contribution in [2.24, 2.45) is 7.05 Å². The maximum Gasteiger partial charge on any atom is 0.267 e. The molecule has 0 radical (unpaired) electrons. The van der Waals surface area contributed by atoms with Gasteiger partial charge in [0.2, 0.25) is 0 Å². The molecule has 144 valence electrons. The van der Waals surface area contributed by atoms with Gasteiger partial charge in [0.1, 0.15) is 11.4 Å². The number of nitrogens with one attached hydrogen (secondary N) is 2. The fourth-order valence-corrected chi connectivity index (χ4v) is 3.05. The number of rotatable bonds is 8. The second kappa shape index (κ2) is 8.03. The molecule has 0 aliphatic rings. The van der Waals surface area contributed by atoms with E-state index >= 15 is 0 Å². The van der Waals surface area contributed by atoms with E-state index in [0.29, 0.717) is 35.0 Å². The Labute approximate surface area is 157 Å². The van der Waals surface area contributed by atoms with Crippen LogP contribution in [0, 0.1) is 0 Å². The van der Waals surface area contributed by atoms with E-state index in [1.165, 1.54) is 0 Å². The first-order valence-corrected chi connectivity index (χ1v) is 8.64. The fourth-order valence-electron chi connectivity index (χ4n) is 3.05. The van der Waals surface area contributed by atoms with E-state index in [4.69, 9.17) is 14.2 Å². The zero-order chi connectivity index (χ0) is 19.4. The van der Waals surface area contributed by atoms with Crippen molar-refractivity contribution in [2.75, 3.05) is 27.9 Å². The lowest BCUT2D eigenvalue weighted by Gasteiger charge is -2.11. The lowest BCUT2D eigenvalue weighted by molar-refractivity contribution is 0.0949. The van der Waals surface area contributed by atoms with Crippen molar-refractivity contribution in [1.82, 2.24) is 20.1 Å². The Kier molecular flexibility index (Phi) is 5.54. The summed E-state index contributed by atoms with van der Waals surface area (Å²) in [5, 5.41) is 7.83. The molecule has 0 saturated carbocycles. The number of hydrogen-bond acceptors (Lipinski definition) is 5. The van der Waals surface area contributed by atoms with Gasteiger partial charge in [-0.2, -0.15) is 5.10 Å². The molecule has 27 heavy (non-hydrogen) atoms. The molecule has 0 aliphatic heterocycles. The maximum atomic E-state index is 12.5. The van der Waals surface area contributed by atoms with Crippen LogP contribution in [-0.4, -0.2) is 48.5 Å². The van der Waals surface area contributed by atoms with Crippen molar-refractivity contribution in [3.8, 4) is 17.2 Å². The lowest BCUT2D eigenvalue weighted by Crippen LogP contribution is -2.25. The normalized spacial score (nSPS) is 10.8. The van der Waals surface area contributed by atoms with Gasteiger partial charge in [0.05, 0.1) is 33.0 Å². The Hall–Kier alpha value is -3.16. The second-order valence-electron chi connectivity index (χ2n) is 6.17. The Balaban J connectivity index is 1.72. The van der Waals surface area contributed by atoms with Crippen LogP contribution in [-0.2, 0) is 13.5 Å². The first-order valence-electron chi connectivity index (χ1n) is 8.64. The standard InChI is InChI=1S/C19H24N4O4/c1-23-11-12(10-21-23)6-5-7-20-19(24)14-8-13-15(25-2)9-16(26-3)18(27-4)17(13)22-14/h8-11,22H,5-7H2,1-4H3,(H,20,24). The summed E-state index contributed by atoms with van der Waals surface area (Å²) in [7, 11) is 6.58. The second-order valence-corrected chi connectivity index (χ2v) is 6.17. The van der Waals surface area contributed by atoms with Crippen molar-refractivity contribution in [3.63, 3.8) is 0 Å². The molecule has 2 heterocycles. The van der Waals surface area contributed by atoms with Crippen LogP contribution >= 0.6 is 0 Å². The van der Waals surface area contributed by atoms with Crippen molar-refractivity contribution in [2.45, 2.75) is 12.8 Å². The number of fused-ring (bicyclic) bond motifs is 1. The maximum absolute atomic E-state index is 12.5. The van der Waals surface area contributed by atoms with Gasteiger partial charge in [-0.05, 0) is 24.5 Å². The highest BCUT2D eigenvalue weighted by atomic mass is 16.5. The molecule has 2 N–H and O–H groups in total. The number of hydrogen-bond donors (Lipinski definition) is 2. The molecule has 2 aromatic heterocycles. The van der Waals surface area contributed by atoms with Crippen molar-refractivity contribution in [1.29, 1.82) is 0 Å². The molecule has 8 nitrogen and oxygen atoms in total. The number of nitrogens with zero attached hydrogens (tertiary/aromatic N) is 2. The zero-order valence-corrected chi connectivity index (χ0v) is 16.0. The molecule has 0 spiro atoms. The Morgan fingerprint density at radius 1 is 1.19 bits per heavy atom. The molecular weight excluding hydrogens is 348 g/mol. The van der Waals surface area contributed by atoms with E-state index in [-0.39, 0.29) is 5.91 Å². The van der Waals surface area contributed by atoms with Gasteiger partial charge in [-0.25, -0.2) is 0 Å². The highest BCUT2D eigenvalue weighted by molar-refractivity contribution is 6.02. The molecule has 0 atom stereocenters. The van der Waals surface area contributed by atoms with Crippen LogP contribution in [0.2, 0.25) is 0 Å². The zero-order valence-electron chi connectivity index (χ0n) is 16.0. The number of H-pyrrole nitrogens is 1. The highest BCUT2D eigenvalue weighted by Gasteiger charge is 2.19. The van der Waals surface area contributed by atoms with E-state index < -0.39 is 0 Å². The average molecular weight is 372 g/mol. The van der Waals surface area contributed by atoms with Crippen LogP contribution in [0.5, 0.6) is 17.2 Å². The lowest BCUT2D eigenvalue weighted by atomic mass is 10.2. The summed E-state index contributed by atoms with van der Waals surface area (Å²) in [6.07, 6.45) is 5.51. The molecule has 8 heteroatoms. The Bertz CT molecular complexity index is 945. The van der Waals surface area contributed by atoms with Gasteiger partial charge in [0, 0.05) is 31.2 Å². The molecule has 0 aliphatic carbocycles. The molecule has 3 rings (SSSR count). The average Bonchev–Trinajstić information content (AvgIpc) is 3.30. The van der Waals surface area contributed by atoms with Gasteiger partial charge in [0.15, 0.2) is 11.5 Å². The third kappa shape index (κ3) is 3.84. The monoisotopic (exact) mass is 372 g/mol. The van der Waals surface area contributed by atoms with Gasteiger partial charge in [-0.1, -0.05) is 0 Å². The van der Waals surface area contributed by atoms with Crippen LogP contribution in [0.25, 0.3) is 10.9 Å². The number of methoxy groups -OCH3 is 3. The van der Waals surface area contributed by atoms with Gasteiger partial charge >= 0.3 is 0 Å². The number of aromatic nitrogens is 3. The molecule has 1 amide bonds. The van der Waals surface area contributed by atoms with Gasteiger partial charge in [0.25, 0.3) is 5.91 Å². The van der Waals surface area contributed by atoms with Gasteiger partial charge in [-0.15, -0.1) is 0 Å². The molecule has 0 unspecified atom stereocenters. The number of benzene rings is 1. The summed E-state index contributed by atoms with van der Waals surface area (Å²) in [5.74, 6) is 1.49. The summed E-state index contributed by atoms with van der Waals surface area (Å²) >= 11 is 0. The number of aromatic amines is 1. The van der Waals surface area contributed by atoms with Crippen LogP contribution in [0.4, 0.5) is 0 Å². The Morgan fingerprint density at radius 2 is 1.96 bits per heavy atom. The Morgan fingerprint density at radius 3 is 2.59 bits per heavy atom. The summed E-state index contributed by atoms with van der Waals surface area (Å²) < 4.78 is 18.0.